The maximum atomic E-state index is 12.0. The quantitative estimate of drug-likeness (QED) is 0.904. The molecule has 1 aliphatic heterocycles. The summed E-state index contributed by atoms with van der Waals surface area (Å²) in [6.45, 7) is 2.42. The molecule has 7 heteroatoms. The lowest BCUT2D eigenvalue weighted by molar-refractivity contribution is -0.0834. The van der Waals surface area contributed by atoms with Gasteiger partial charge in [-0.05, 0) is 18.6 Å². The lowest BCUT2D eigenvalue weighted by Gasteiger charge is -2.45. The minimum atomic E-state index is -2.46. The van der Waals surface area contributed by atoms with Gasteiger partial charge in [-0.3, -0.25) is 4.79 Å². The van der Waals surface area contributed by atoms with Gasteiger partial charge < -0.3 is 14.4 Å². The standard InChI is InChI=1S/C12H15F2NO3S/c1-2-12(17)6-15(7-12)10(16)9-4-3-8(18-9)5-19-11(13)14/h3-4,11,17H,2,5-7H2,1H3. The molecular weight excluding hydrogens is 276 g/mol. The van der Waals surface area contributed by atoms with Crippen LogP contribution in [0.3, 0.4) is 0 Å². The lowest BCUT2D eigenvalue weighted by Crippen LogP contribution is -2.63. The van der Waals surface area contributed by atoms with Gasteiger partial charge in [0.1, 0.15) is 5.76 Å². The van der Waals surface area contributed by atoms with Crippen LogP contribution in [0.2, 0.25) is 0 Å². The molecule has 2 rings (SSSR count). The zero-order valence-electron chi connectivity index (χ0n) is 10.4. The van der Waals surface area contributed by atoms with Crippen LogP contribution in [0.4, 0.5) is 8.78 Å². The number of likely N-dealkylation sites (tertiary alicyclic amines) is 1. The number of aliphatic hydroxyl groups is 1. The van der Waals surface area contributed by atoms with Crippen molar-refractivity contribution < 1.29 is 23.1 Å². The van der Waals surface area contributed by atoms with Crippen molar-refractivity contribution in [1.82, 2.24) is 4.90 Å². The summed E-state index contributed by atoms with van der Waals surface area (Å²) in [7, 11) is 0. The lowest BCUT2D eigenvalue weighted by atomic mass is 9.91. The fourth-order valence-corrected chi connectivity index (χ4v) is 2.35. The topological polar surface area (TPSA) is 53.7 Å². The van der Waals surface area contributed by atoms with E-state index in [1.807, 2.05) is 6.92 Å². The van der Waals surface area contributed by atoms with E-state index >= 15 is 0 Å². The van der Waals surface area contributed by atoms with Crippen LogP contribution < -0.4 is 0 Å². The third kappa shape index (κ3) is 3.27. The Morgan fingerprint density at radius 2 is 2.26 bits per heavy atom. The molecule has 1 N–H and O–H groups in total. The summed E-state index contributed by atoms with van der Waals surface area (Å²) in [4.78, 5) is 13.4. The zero-order valence-corrected chi connectivity index (χ0v) is 11.3. The number of carbonyl (C=O) groups is 1. The number of hydrogen-bond donors (Lipinski definition) is 1. The van der Waals surface area contributed by atoms with Crippen molar-refractivity contribution >= 4 is 17.7 Å². The largest absolute Gasteiger partial charge is 0.455 e. The number of β-amino-alcohol motifs (C(OH)–C–C–N with tert-alkyl or cyclic N) is 1. The molecule has 1 saturated heterocycles. The van der Waals surface area contributed by atoms with Gasteiger partial charge in [0.25, 0.3) is 11.7 Å². The summed E-state index contributed by atoms with van der Waals surface area (Å²) in [5.74, 6) is -2.27. The number of amides is 1. The Labute approximate surface area is 113 Å². The van der Waals surface area contributed by atoms with Crippen LogP contribution in [-0.4, -0.2) is 40.4 Å². The number of thioether (sulfide) groups is 1. The Morgan fingerprint density at radius 1 is 1.58 bits per heavy atom. The first-order valence-corrected chi connectivity index (χ1v) is 6.98. The summed E-state index contributed by atoms with van der Waals surface area (Å²) < 4.78 is 29.3. The molecule has 1 amide bonds. The van der Waals surface area contributed by atoms with E-state index in [4.69, 9.17) is 4.42 Å². The minimum absolute atomic E-state index is 0.0316. The second-order valence-electron chi connectivity index (χ2n) is 4.58. The Morgan fingerprint density at radius 3 is 2.84 bits per heavy atom. The van der Waals surface area contributed by atoms with Crippen molar-refractivity contribution in [3.63, 3.8) is 0 Å². The molecule has 4 nitrogen and oxygen atoms in total. The van der Waals surface area contributed by atoms with E-state index in [0.29, 0.717) is 23.9 Å². The molecule has 106 valence electrons. The summed E-state index contributed by atoms with van der Waals surface area (Å²) in [5.41, 5.74) is -0.795. The fourth-order valence-electron chi connectivity index (χ4n) is 1.90. The van der Waals surface area contributed by atoms with Crippen molar-refractivity contribution in [3.8, 4) is 0 Å². The molecule has 1 fully saturated rings. The van der Waals surface area contributed by atoms with Gasteiger partial charge in [0, 0.05) is 0 Å². The summed E-state index contributed by atoms with van der Waals surface area (Å²) in [6, 6.07) is 3.00. The zero-order chi connectivity index (χ0) is 14.0. The van der Waals surface area contributed by atoms with Crippen LogP contribution in [0.15, 0.2) is 16.5 Å². The first-order chi connectivity index (χ1) is 8.93. The van der Waals surface area contributed by atoms with Gasteiger partial charge in [0.15, 0.2) is 5.76 Å². The summed E-state index contributed by atoms with van der Waals surface area (Å²) in [6.07, 6.45) is 0.589. The summed E-state index contributed by atoms with van der Waals surface area (Å²) >= 11 is 0.449. The molecule has 2 heterocycles. The van der Waals surface area contributed by atoms with Crippen LogP contribution in [0.25, 0.3) is 0 Å². The van der Waals surface area contributed by atoms with Crippen LogP contribution in [-0.2, 0) is 5.75 Å². The van der Waals surface area contributed by atoms with Gasteiger partial charge in [0.2, 0.25) is 0 Å². The van der Waals surface area contributed by atoms with Crippen LogP contribution in [0.1, 0.15) is 29.7 Å². The fraction of sp³-hybridized carbons (Fsp3) is 0.583. The minimum Gasteiger partial charge on any atom is -0.455 e. The highest BCUT2D eigenvalue weighted by molar-refractivity contribution is 7.98. The van der Waals surface area contributed by atoms with Crippen molar-refractivity contribution in [1.29, 1.82) is 0 Å². The predicted octanol–water partition coefficient (Wildman–Crippen LogP) is 2.33. The molecule has 0 unspecified atom stereocenters. The van der Waals surface area contributed by atoms with Crippen molar-refractivity contribution in [2.75, 3.05) is 13.1 Å². The van der Waals surface area contributed by atoms with E-state index in [0.717, 1.165) is 0 Å². The highest BCUT2D eigenvalue weighted by Crippen LogP contribution is 2.27. The van der Waals surface area contributed by atoms with Gasteiger partial charge in [-0.25, -0.2) is 0 Å². The molecule has 19 heavy (non-hydrogen) atoms. The number of carbonyl (C=O) groups excluding carboxylic acids is 1. The van der Waals surface area contributed by atoms with Crippen LogP contribution >= 0.6 is 11.8 Å². The first-order valence-electron chi connectivity index (χ1n) is 5.93. The van der Waals surface area contributed by atoms with Crippen molar-refractivity contribution in [3.05, 3.63) is 23.7 Å². The van der Waals surface area contributed by atoms with E-state index in [-0.39, 0.29) is 30.5 Å². The third-order valence-corrected chi connectivity index (χ3v) is 3.84. The SMILES string of the molecule is CCC1(O)CN(C(=O)c2ccc(CSC(F)F)o2)C1. The van der Waals surface area contributed by atoms with Gasteiger partial charge in [0.05, 0.1) is 24.4 Å². The molecule has 1 aromatic heterocycles. The number of halogens is 2. The molecule has 0 radical (unpaired) electrons. The molecule has 0 atom stereocenters. The van der Waals surface area contributed by atoms with Gasteiger partial charge in [-0.2, -0.15) is 8.78 Å². The van der Waals surface area contributed by atoms with Gasteiger partial charge in [-0.1, -0.05) is 18.7 Å². The van der Waals surface area contributed by atoms with E-state index in [1.165, 1.54) is 17.0 Å². The second-order valence-corrected chi connectivity index (χ2v) is 5.56. The number of hydrogen-bond acceptors (Lipinski definition) is 4. The third-order valence-electron chi connectivity index (χ3n) is 3.14. The summed E-state index contributed by atoms with van der Waals surface area (Å²) in [5, 5.41) is 9.82. The Balaban J connectivity index is 1.90. The van der Waals surface area contributed by atoms with Crippen molar-refractivity contribution in [2.45, 2.75) is 30.5 Å². The molecular formula is C12H15F2NO3S. The van der Waals surface area contributed by atoms with E-state index in [9.17, 15) is 18.7 Å². The Kier molecular flexibility index (Phi) is 4.15. The van der Waals surface area contributed by atoms with Crippen LogP contribution in [0.5, 0.6) is 0 Å². The van der Waals surface area contributed by atoms with E-state index in [2.05, 4.69) is 0 Å². The van der Waals surface area contributed by atoms with E-state index in [1.54, 1.807) is 0 Å². The average Bonchev–Trinajstić information content (AvgIpc) is 2.80. The highest BCUT2D eigenvalue weighted by Gasteiger charge is 2.42. The molecule has 1 aromatic rings. The number of alkyl halides is 2. The second kappa shape index (κ2) is 5.50. The molecule has 0 aliphatic carbocycles. The maximum absolute atomic E-state index is 12.0. The molecule has 0 aromatic carbocycles. The number of furan rings is 1. The molecule has 1 aliphatic rings. The van der Waals surface area contributed by atoms with Gasteiger partial charge >= 0.3 is 0 Å². The molecule has 0 spiro atoms. The van der Waals surface area contributed by atoms with Gasteiger partial charge in [-0.15, -0.1) is 0 Å². The van der Waals surface area contributed by atoms with E-state index < -0.39 is 11.4 Å². The maximum Gasteiger partial charge on any atom is 0.289 e. The molecule has 0 bridgehead atoms. The molecule has 0 saturated carbocycles. The smallest absolute Gasteiger partial charge is 0.289 e. The highest BCUT2D eigenvalue weighted by atomic mass is 32.2. The first kappa shape index (κ1) is 14.3. The average molecular weight is 291 g/mol. The Hall–Kier alpha value is -1.08. The predicted molar refractivity (Wildman–Crippen MR) is 67.2 cm³/mol. The van der Waals surface area contributed by atoms with Crippen molar-refractivity contribution in [2.24, 2.45) is 0 Å². The van der Waals surface area contributed by atoms with Crippen LogP contribution in [0, 0.1) is 0 Å². The Bertz CT molecular complexity index is 458. The number of rotatable bonds is 5. The monoisotopic (exact) mass is 291 g/mol. The normalized spacial score (nSPS) is 17.6. The number of nitrogens with zero attached hydrogens (tertiary/aromatic N) is 1.